The monoisotopic (exact) mass is 382 g/mol. The molecule has 0 saturated carbocycles. The van der Waals surface area contributed by atoms with Crippen LogP contribution in [0.1, 0.15) is 29.8 Å². The van der Waals surface area contributed by atoms with Gasteiger partial charge in [0.25, 0.3) is 5.69 Å². The third kappa shape index (κ3) is 4.28. The number of benzene rings is 2. The summed E-state index contributed by atoms with van der Waals surface area (Å²) in [5.74, 6) is 2.31. The Hall–Kier alpha value is -3.42. The van der Waals surface area contributed by atoms with Gasteiger partial charge >= 0.3 is 0 Å². The van der Waals surface area contributed by atoms with Crippen LogP contribution in [0.2, 0.25) is 0 Å². The molecular formula is C20H22N4O4. The van der Waals surface area contributed by atoms with Gasteiger partial charge in [0, 0.05) is 30.2 Å². The van der Waals surface area contributed by atoms with Crippen LogP contribution in [-0.2, 0) is 13.0 Å². The minimum Gasteiger partial charge on any atom is -0.497 e. The van der Waals surface area contributed by atoms with Crippen molar-refractivity contribution in [3.63, 3.8) is 0 Å². The van der Waals surface area contributed by atoms with E-state index in [1.807, 2.05) is 35.8 Å². The molecule has 1 atom stereocenters. The highest BCUT2D eigenvalue weighted by Crippen LogP contribution is 2.27. The fourth-order valence-electron chi connectivity index (χ4n) is 3.07. The summed E-state index contributed by atoms with van der Waals surface area (Å²) in [5, 5.41) is 19.3. The van der Waals surface area contributed by atoms with Gasteiger partial charge in [-0.1, -0.05) is 19.1 Å². The lowest BCUT2D eigenvalue weighted by Crippen LogP contribution is -2.09. The fraction of sp³-hybridized carbons (Fsp3) is 0.300. The van der Waals surface area contributed by atoms with Gasteiger partial charge < -0.3 is 14.0 Å². The van der Waals surface area contributed by atoms with E-state index < -0.39 is 0 Å². The van der Waals surface area contributed by atoms with Crippen LogP contribution >= 0.6 is 0 Å². The van der Waals surface area contributed by atoms with E-state index in [-0.39, 0.29) is 16.5 Å². The topological polar surface area (TPSA) is 92.3 Å². The van der Waals surface area contributed by atoms with Crippen molar-refractivity contribution in [3.8, 4) is 11.5 Å². The molecule has 0 aliphatic carbocycles. The van der Waals surface area contributed by atoms with Crippen LogP contribution in [0.3, 0.4) is 0 Å². The molecule has 8 nitrogen and oxygen atoms in total. The largest absolute Gasteiger partial charge is 0.497 e. The fourth-order valence-corrected chi connectivity index (χ4v) is 3.07. The number of hydrogen-bond acceptors (Lipinski definition) is 6. The first kappa shape index (κ1) is 19.3. The SMILES string of the molecule is COc1ccc(Cn2cnnc2CC(C)c2cccc([N+](=O)[O-])c2)c(OC)c1. The van der Waals surface area contributed by atoms with Gasteiger partial charge in [-0.15, -0.1) is 10.2 Å². The van der Waals surface area contributed by atoms with Gasteiger partial charge in [-0.05, 0) is 23.6 Å². The minimum absolute atomic E-state index is 0.0561. The molecule has 8 heteroatoms. The van der Waals surface area contributed by atoms with E-state index in [1.54, 1.807) is 32.7 Å². The van der Waals surface area contributed by atoms with E-state index in [0.717, 1.165) is 28.5 Å². The maximum atomic E-state index is 11.0. The second-order valence-electron chi connectivity index (χ2n) is 6.51. The summed E-state index contributed by atoms with van der Waals surface area (Å²) in [6, 6.07) is 12.4. The molecule has 3 aromatic rings. The number of aromatic nitrogens is 3. The molecule has 0 aliphatic rings. The molecule has 3 rings (SSSR count). The second kappa shape index (κ2) is 8.51. The van der Waals surface area contributed by atoms with E-state index in [1.165, 1.54) is 6.07 Å². The first-order valence-electron chi connectivity index (χ1n) is 8.83. The number of nitro benzene ring substituents is 1. The number of non-ortho nitro benzene ring substituents is 1. The molecule has 0 radical (unpaired) electrons. The van der Waals surface area contributed by atoms with Crippen LogP contribution in [0, 0.1) is 10.1 Å². The Morgan fingerprint density at radius 2 is 2.00 bits per heavy atom. The molecule has 1 unspecified atom stereocenters. The smallest absolute Gasteiger partial charge is 0.269 e. The maximum Gasteiger partial charge on any atom is 0.269 e. The highest BCUT2D eigenvalue weighted by atomic mass is 16.6. The van der Waals surface area contributed by atoms with Gasteiger partial charge in [0.05, 0.1) is 25.7 Å². The second-order valence-corrected chi connectivity index (χ2v) is 6.51. The minimum atomic E-state index is -0.380. The van der Waals surface area contributed by atoms with Crippen molar-refractivity contribution in [2.24, 2.45) is 0 Å². The van der Waals surface area contributed by atoms with Gasteiger partial charge in [0.1, 0.15) is 23.7 Å². The summed E-state index contributed by atoms with van der Waals surface area (Å²) in [5.41, 5.74) is 1.96. The van der Waals surface area contributed by atoms with Gasteiger partial charge in [-0.3, -0.25) is 10.1 Å². The van der Waals surface area contributed by atoms with E-state index in [2.05, 4.69) is 10.2 Å². The zero-order chi connectivity index (χ0) is 20.1. The number of nitrogens with zero attached hydrogens (tertiary/aromatic N) is 4. The molecule has 146 valence electrons. The molecule has 0 amide bonds. The Morgan fingerprint density at radius 1 is 1.18 bits per heavy atom. The van der Waals surface area contributed by atoms with Crippen LogP contribution in [-0.4, -0.2) is 33.9 Å². The summed E-state index contributed by atoms with van der Waals surface area (Å²) >= 11 is 0. The number of nitro groups is 1. The third-order valence-electron chi connectivity index (χ3n) is 4.67. The van der Waals surface area contributed by atoms with E-state index in [4.69, 9.17) is 9.47 Å². The number of methoxy groups -OCH3 is 2. The van der Waals surface area contributed by atoms with E-state index >= 15 is 0 Å². The number of hydrogen-bond donors (Lipinski definition) is 0. The van der Waals surface area contributed by atoms with Crippen LogP contribution in [0.25, 0.3) is 0 Å². The summed E-state index contributed by atoms with van der Waals surface area (Å²) in [6.07, 6.45) is 2.29. The Kier molecular flexibility index (Phi) is 5.88. The quantitative estimate of drug-likeness (QED) is 0.437. The average molecular weight is 382 g/mol. The molecule has 0 aliphatic heterocycles. The molecule has 2 aromatic carbocycles. The summed E-state index contributed by atoms with van der Waals surface area (Å²) in [4.78, 5) is 10.6. The normalized spacial score (nSPS) is 11.8. The number of rotatable bonds is 8. The van der Waals surface area contributed by atoms with Crippen molar-refractivity contribution in [2.75, 3.05) is 14.2 Å². The van der Waals surface area contributed by atoms with E-state index in [9.17, 15) is 10.1 Å². The highest BCUT2D eigenvalue weighted by molar-refractivity contribution is 5.41. The van der Waals surface area contributed by atoms with Crippen molar-refractivity contribution in [1.29, 1.82) is 0 Å². The Morgan fingerprint density at radius 3 is 2.71 bits per heavy atom. The van der Waals surface area contributed by atoms with Crippen LogP contribution in [0.5, 0.6) is 11.5 Å². The van der Waals surface area contributed by atoms with Crippen molar-refractivity contribution >= 4 is 5.69 Å². The maximum absolute atomic E-state index is 11.0. The Labute approximate surface area is 162 Å². The molecule has 0 N–H and O–H groups in total. The molecule has 0 bridgehead atoms. The standard InChI is InChI=1S/C20H22N4O4/c1-14(15-5-4-6-17(10-15)24(25)26)9-20-22-21-13-23(20)12-16-7-8-18(27-2)11-19(16)28-3/h4-8,10-11,13-14H,9,12H2,1-3H3. The van der Waals surface area contributed by atoms with Crippen LogP contribution in [0.15, 0.2) is 48.8 Å². The molecule has 0 saturated heterocycles. The van der Waals surface area contributed by atoms with Gasteiger partial charge in [0.15, 0.2) is 0 Å². The third-order valence-corrected chi connectivity index (χ3v) is 4.67. The van der Waals surface area contributed by atoms with Gasteiger partial charge in [0.2, 0.25) is 0 Å². The highest BCUT2D eigenvalue weighted by Gasteiger charge is 2.16. The number of ether oxygens (including phenoxy) is 2. The molecular weight excluding hydrogens is 360 g/mol. The summed E-state index contributed by atoms with van der Waals surface area (Å²) in [6.45, 7) is 2.57. The van der Waals surface area contributed by atoms with Crippen molar-refractivity contribution < 1.29 is 14.4 Å². The Bertz CT molecular complexity index is 970. The first-order chi connectivity index (χ1) is 13.5. The van der Waals surface area contributed by atoms with Gasteiger partial charge in [-0.25, -0.2) is 0 Å². The molecule has 0 spiro atoms. The lowest BCUT2D eigenvalue weighted by atomic mass is 9.97. The predicted molar refractivity (Wildman–Crippen MR) is 104 cm³/mol. The van der Waals surface area contributed by atoms with E-state index in [0.29, 0.717) is 13.0 Å². The zero-order valence-corrected chi connectivity index (χ0v) is 16.0. The summed E-state index contributed by atoms with van der Waals surface area (Å²) in [7, 11) is 3.23. The Balaban J connectivity index is 1.79. The molecule has 1 aromatic heterocycles. The lowest BCUT2D eigenvalue weighted by Gasteiger charge is -2.14. The van der Waals surface area contributed by atoms with Gasteiger partial charge in [-0.2, -0.15) is 0 Å². The molecule has 28 heavy (non-hydrogen) atoms. The van der Waals surface area contributed by atoms with Crippen molar-refractivity contribution in [1.82, 2.24) is 14.8 Å². The van der Waals surface area contributed by atoms with Crippen LogP contribution < -0.4 is 9.47 Å². The zero-order valence-electron chi connectivity index (χ0n) is 16.0. The first-order valence-corrected chi connectivity index (χ1v) is 8.83. The van der Waals surface area contributed by atoms with Crippen molar-refractivity contribution in [3.05, 3.63) is 75.9 Å². The lowest BCUT2D eigenvalue weighted by molar-refractivity contribution is -0.384. The average Bonchev–Trinajstić information content (AvgIpc) is 3.14. The predicted octanol–water partition coefficient (Wildman–Crippen LogP) is 3.60. The molecule has 1 heterocycles. The van der Waals surface area contributed by atoms with Crippen molar-refractivity contribution in [2.45, 2.75) is 25.8 Å². The summed E-state index contributed by atoms with van der Waals surface area (Å²) < 4.78 is 12.7. The van der Waals surface area contributed by atoms with Crippen LogP contribution in [0.4, 0.5) is 5.69 Å². The molecule has 0 fully saturated rings.